The molecule has 1 aromatic carbocycles. The molecule has 3 unspecified atom stereocenters. The van der Waals surface area contributed by atoms with E-state index in [1.807, 2.05) is 6.07 Å². The van der Waals surface area contributed by atoms with Crippen LogP contribution in [0.4, 0.5) is 10.1 Å². The summed E-state index contributed by atoms with van der Waals surface area (Å²) >= 11 is 5.69. The third-order valence-corrected chi connectivity index (χ3v) is 4.17. The summed E-state index contributed by atoms with van der Waals surface area (Å²) in [5.41, 5.74) is 6.93. The first kappa shape index (κ1) is 12.7. The van der Waals surface area contributed by atoms with Gasteiger partial charge in [0.1, 0.15) is 5.82 Å². The zero-order valence-electron chi connectivity index (χ0n) is 10.2. The van der Waals surface area contributed by atoms with Gasteiger partial charge in [0.2, 0.25) is 0 Å². The average molecular weight is 257 g/mol. The lowest BCUT2D eigenvalue weighted by molar-refractivity contribution is 0.315. The van der Waals surface area contributed by atoms with E-state index in [-0.39, 0.29) is 16.9 Å². The van der Waals surface area contributed by atoms with Gasteiger partial charge in [-0.25, -0.2) is 4.39 Å². The number of piperidine rings is 1. The molecule has 0 saturated carbocycles. The molecule has 94 valence electrons. The van der Waals surface area contributed by atoms with E-state index in [4.69, 9.17) is 17.3 Å². The SMILES string of the molecule is CC1C(N)CCN(c2ccc(Cl)c(F)c2)C1C. The molecule has 2 nitrogen and oxygen atoms in total. The van der Waals surface area contributed by atoms with E-state index in [2.05, 4.69) is 18.7 Å². The summed E-state index contributed by atoms with van der Waals surface area (Å²) in [5.74, 6) is 0.0429. The normalized spacial score (nSPS) is 29.5. The van der Waals surface area contributed by atoms with Crippen molar-refractivity contribution < 1.29 is 4.39 Å². The van der Waals surface area contributed by atoms with Crippen LogP contribution >= 0.6 is 11.6 Å². The van der Waals surface area contributed by atoms with Crippen LogP contribution in [0.2, 0.25) is 5.02 Å². The van der Waals surface area contributed by atoms with Gasteiger partial charge < -0.3 is 10.6 Å². The van der Waals surface area contributed by atoms with Crippen LogP contribution in [0.15, 0.2) is 18.2 Å². The van der Waals surface area contributed by atoms with E-state index in [0.717, 1.165) is 18.7 Å². The number of hydrogen-bond donors (Lipinski definition) is 1. The van der Waals surface area contributed by atoms with Crippen molar-refractivity contribution in [2.75, 3.05) is 11.4 Å². The standard InChI is InChI=1S/C13H18ClFN2/c1-8-9(2)17(6-5-13(8)16)10-3-4-11(14)12(15)7-10/h3-4,7-9,13H,5-6,16H2,1-2H3. The van der Waals surface area contributed by atoms with Crippen LogP contribution in [0.25, 0.3) is 0 Å². The fourth-order valence-electron chi connectivity index (χ4n) is 2.42. The van der Waals surface area contributed by atoms with Gasteiger partial charge in [0.05, 0.1) is 5.02 Å². The molecule has 2 N–H and O–H groups in total. The van der Waals surface area contributed by atoms with Crippen molar-refractivity contribution in [1.29, 1.82) is 0 Å². The highest BCUT2D eigenvalue weighted by atomic mass is 35.5. The Morgan fingerprint density at radius 3 is 2.76 bits per heavy atom. The number of rotatable bonds is 1. The molecule has 1 aliphatic heterocycles. The minimum Gasteiger partial charge on any atom is -0.368 e. The first-order valence-electron chi connectivity index (χ1n) is 5.98. The Bertz CT molecular complexity index is 410. The molecule has 1 heterocycles. The number of hydrogen-bond acceptors (Lipinski definition) is 2. The molecule has 1 aliphatic rings. The van der Waals surface area contributed by atoms with E-state index in [9.17, 15) is 4.39 Å². The van der Waals surface area contributed by atoms with E-state index in [1.165, 1.54) is 6.07 Å². The third-order valence-electron chi connectivity index (χ3n) is 3.87. The van der Waals surface area contributed by atoms with Crippen molar-refractivity contribution in [1.82, 2.24) is 0 Å². The number of nitrogens with two attached hydrogens (primary N) is 1. The van der Waals surface area contributed by atoms with Gasteiger partial charge in [0.15, 0.2) is 0 Å². The highest BCUT2D eigenvalue weighted by Gasteiger charge is 2.30. The van der Waals surface area contributed by atoms with Crippen LogP contribution < -0.4 is 10.6 Å². The number of halogens is 2. The van der Waals surface area contributed by atoms with Crippen molar-refractivity contribution in [3.05, 3.63) is 29.0 Å². The van der Waals surface area contributed by atoms with Gasteiger partial charge in [-0.2, -0.15) is 0 Å². The Hall–Kier alpha value is -0.800. The molecular formula is C13H18ClFN2. The average Bonchev–Trinajstić information content (AvgIpc) is 2.30. The predicted molar refractivity (Wildman–Crippen MR) is 70.0 cm³/mol. The maximum absolute atomic E-state index is 13.5. The van der Waals surface area contributed by atoms with Gasteiger partial charge in [-0.3, -0.25) is 0 Å². The van der Waals surface area contributed by atoms with E-state index >= 15 is 0 Å². The highest BCUT2D eigenvalue weighted by Crippen LogP contribution is 2.29. The van der Waals surface area contributed by atoms with Gasteiger partial charge in [-0.05, 0) is 37.5 Å². The number of benzene rings is 1. The van der Waals surface area contributed by atoms with Crippen LogP contribution in [0, 0.1) is 11.7 Å². The molecule has 1 fully saturated rings. The predicted octanol–water partition coefficient (Wildman–Crippen LogP) is 3.04. The highest BCUT2D eigenvalue weighted by molar-refractivity contribution is 6.30. The van der Waals surface area contributed by atoms with Crippen LogP contribution in [-0.2, 0) is 0 Å². The molecule has 0 aromatic heterocycles. The first-order chi connectivity index (χ1) is 8.00. The lowest BCUT2D eigenvalue weighted by atomic mass is 9.87. The second kappa shape index (κ2) is 4.83. The molecule has 2 rings (SSSR count). The van der Waals surface area contributed by atoms with Gasteiger partial charge in [-0.1, -0.05) is 18.5 Å². The zero-order chi connectivity index (χ0) is 12.6. The minimum atomic E-state index is -0.362. The molecule has 3 atom stereocenters. The number of nitrogens with zero attached hydrogens (tertiary/aromatic N) is 1. The molecule has 0 bridgehead atoms. The largest absolute Gasteiger partial charge is 0.368 e. The van der Waals surface area contributed by atoms with E-state index in [0.29, 0.717) is 12.0 Å². The molecule has 4 heteroatoms. The maximum atomic E-state index is 13.5. The van der Waals surface area contributed by atoms with Crippen LogP contribution in [0.5, 0.6) is 0 Å². The molecule has 0 aliphatic carbocycles. The summed E-state index contributed by atoms with van der Waals surface area (Å²) in [6.07, 6.45) is 0.940. The Balaban J connectivity index is 2.24. The Morgan fingerprint density at radius 2 is 2.12 bits per heavy atom. The Kier molecular flexibility index (Phi) is 3.59. The van der Waals surface area contributed by atoms with Gasteiger partial charge >= 0.3 is 0 Å². The summed E-state index contributed by atoms with van der Waals surface area (Å²) in [6.45, 7) is 5.15. The molecule has 0 spiro atoms. The lowest BCUT2D eigenvalue weighted by Gasteiger charge is -2.42. The molecule has 0 radical (unpaired) electrons. The van der Waals surface area contributed by atoms with Gasteiger partial charge in [0, 0.05) is 24.3 Å². The summed E-state index contributed by atoms with van der Waals surface area (Å²) < 4.78 is 13.5. The quantitative estimate of drug-likeness (QED) is 0.837. The van der Waals surface area contributed by atoms with Crippen molar-refractivity contribution >= 4 is 17.3 Å². The topological polar surface area (TPSA) is 29.3 Å². The third kappa shape index (κ3) is 2.40. The fraction of sp³-hybridized carbons (Fsp3) is 0.538. The van der Waals surface area contributed by atoms with Crippen molar-refractivity contribution in [2.24, 2.45) is 11.7 Å². The summed E-state index contributed by atoms with van der Waals surface area (Å²) in [6, 6.07) is 5.53. The van der Waals surface area contributed by atoms with E-state index in [1.54, 1.807) is 6.07 Å². The molecule has 17 heavy (non-hydrogen) atoms. The van der Waals surface area contributed by atoms with Crippen LogP contribution in [0.1, 0.15) is 20.3 Å². The fourth-order valence-corrected chi connectivity index (χ4v) is 2.54. The van der Waals surface area contributed by atoms with Crippen molar-refractivity contribution in [2.45, 2.75) is 32.4 Å². The molecule has 0 amide bonds. The Labute approximate surface area is 107 Å². The molecular weight excluding hydrogens is 239 g/mol. The smallest absolute Gasteiger partial charge is 0.143 e. The monoisotopic (exact) mass is 256 g/mol. The van der Waals surface area contributed by atoms with Crippen LogP contribution in [0.3, 0.4) is 0 Å². The summed E-state index contributed by atoms with van der Waals surface area (Å²) in [4.78, 5) is 2.20. The summed E-state index contributed by atoms with van der Waals surface area (Å²) in [5, 5.41) is 0.170. The first-order valence-corrected chi connectivity index (χ1v) is 6.35. The molecule has 1 saturated heterocycles. The van der Waals surface area contributed by atoms with Crippen LogP contribution in [-0.4, -0.2) is 18.6 Å². The maximum Gasteiger partial charge on any atom is 0.143 e. The van der Waals surface area contributed by atoms with Crippen molar-refractivity contribution in [3.63, 3.8) is 0 Å². The van der Waals surface area contributed by atoms with Gasteiger partial charge in [-0.15, -0.1) is 0 Å². The summed E-state index contributed by atoms with van der Waals surface area (Å²) in [7, 11) is 0. The second-order valence-corrected chi connectivity index (χ2v) is 5.25. The van der Waals surface area contributed by atoms with E-state index < -0.39 is 0 Å². The lowest BCUT2D eigenvalue weighted by Crippen LogP contribution is -2.51. The molecule has 1 aromatic rings. The number of anilines is 1. The minimum absolute atomic E-state index is 0.170. The van der Waals surface area contributed by atoms with Gasteiger partial charge in [0.25, 0.3) is 0 Å². The Morgan fingerprint density at radius 1 is 1.41 bits per heavy atom. The second-order valence-electron chi connectivity index (χ2n) is 4.84. The van der Waals surface area contributed by atoms with Crippen molar-refractivity contribution in [3.8, 4) is 0 Å². The zero-order valence-corrected chi connectivity index (χ0v) is 10.9.